The van der Waals surface area contributed by atoms with Crippen LogP contribution < -0.4 is 0 Å². The van der Waals surface area contributed by atoms with Crippen LogP contribution in [0.3, 0.4) is 0 Å². The summed E-state index contributed by atoms with van der Waals surface area (Å²) >= 11 is 0. The molecule has 1 rings (SSSR count). The van der Waals surface area contributed by atoms with Gasteiger partial charge in [-0.1, -0.05) is 6.92 Å². The van der Waals surface area contributed by atoms with Gasteiger partial charge in [0, 0.05) is 18.9 Å². The molecule has 1 aliphatic rings. The van der Waals surface area contributed by atoms with Gasteiger partial charge < -0.3 is 4.18 Å². The van der Waals surface area contributed by atoms with Gasteiger partial charge in [0.05, 0.1) is 0 Å². The number of hydrogen-bond donors (Lipinski definition) is 0. The lowest BCUT2D eigenvalue weighted by molar-refractivity contribution is -0.116. The third-order valence-corrected chi connectivity index (χ3v) is 2.92. The Morgan fingerprint density at radius 2 is 1.94 bits per heavy atom. The third-order valence-electron chi connectivity index (χ3n) is 1.92. The Bertz CT molecular complexity index is 421. The molecule has 0 amide bonds. The highest BCUT2D eigenvalue weighted by Crippen LogP contribution is 2.30. The highest BCUT2D eigenvalue weighted by Gasteiger charge is 2.49. The summed E-state index contributed by atoms with van der Waals surface area (Å²) < 4.78 is 61.0. The molecular weight excluding hydrogens is 249 g/mol. The molecule has 0 unspecified atom stereocenters. The lowest BCUT2D eigenvalue weighted by Gasteiger charge is -2.18. The van der Waals surface area contributed by atoms with Crippen molar-refractivity contribution in [2.75, 3.05) is 0 Å². The average molecular weight is 258 g/mol. The molecule has 4 nitrogen and oxygen atoms in total. The Morgan fingerprint density at radius 1 is 1.38 bits per heavy atom. The quantitative estimate of drug-likeness (QED) is 0.559. The van der Waals surface area contributed by atoms with Gasteiger partial charge in [0.1, 0.15) is 5.76 Å². The number of alkyl halides is 3. The molecule has 1 atom stereocenters. The van der Waals surface area contributed by atoms with Crippen LogP contribution in [-0.2, 0) is 19.1 Å². The molecular formula is C8H9F3O4S. The maximum atomic E-state index is 12.0. The van der Waals surface area contributed by atoms with Crippen LogP contribution >= 0.6 is 0 Å². The molecule has 1 aliphatic carbocycles. The van der Waals surface area contributed by atoms with Gasteiger partial charge in [-0.3, -0.25) is 4.79 Å². The smallest absolute Gasteiger partial charge is 0.380 e. The molecule has 0 N–H and O–H groups in total. The minimum atomic E-state index is -5.66. The molecule has 0 radical (unpaired) electrons. The van der Waals surface area contributed by atoms with Crippen LogP contribution in [0, 0.1) is 5.92 Å². The fraction of sp³-hybridized carbons (Fsp3) is 0.625. The molecule has 0 aromatic heterocycles. The van der Waals surface area contributed by atoms with E-state index in [1.807, 2.05) is 0 Å². The second kappa shape index (κ2) is 4.08. The number of rotatable bonds is 2. The number of halogens is 3. The minimum Gasteiger partial charge on any atom is -0.380 e. The van der Waals surface area contributed by atoms with E-state index in [0.29, 0.717) is 0 Å². The van der Waals surface area contributed by atoms with Gasteiger partial charge in [-0.25, -0.2) is 0 Å². The van der Waals surface area contributed by atoms with Gasteiger partial charge in [-0.05, 0) is 5.92 Å². The molecule has 0 aliphatic heterocycles. The number of hydrogen-bond acceptors (Lipinski definition) is 4. The molecule has 0 saturated heterocycles. The third kappa shape index (κ3) is 2.97. The first-order valence-corrected chi connectivity index (χ1v) is 5.77. The first kappa shape index (κ1) is 13.0. The molecule has 0 heterocycles. The molecule has 0 spiro atoms. The first-order chi connectivity index (χ1) is 7.12. The van der Waals surface area contributed by atoms with E-state index in [4.69, 9.17) is 0 Å². The molecule has 0 aromatic rings. The second-order valence-electron chi connectivity index (χ2n) is 3.57. The van der Waals surface area contributed by atoms with E-state index in [1.54, 1.807) is 6.92 Å². The standard InChI is InChI=1S/C8H9F3O4S/c1-5-2-6(12)4-7(3-5)15-16(13,14)8(9,10)11/h4-5H,2-3H2,1H3/t5-/m1/s1. The normalized spacial score (nSPS) is 22.9. The monoisotopic (exact) mass is 258 g/mol. The highest BCUT2D eigenvalue weighted by molar-refractivity contribution is 7.87. The van der Waals surface area contributed by atoms with Crippen LogP contribution in [0.5, 0.6) is 0 Å². The van der Waals surface area contributed by atoms with E-state index < -0.39 is 27.2 Å². The average Bonchev–Trinajstić information content (AvgIpc) is 1.97. The fourth-order valence-electron chi connectivity index (χ4n) is 1.30. The maximum Gasteiger partial charge on any atom is 0.534 e. The molecule has 0 bridgehead atoms. The Hall–Kier alpha value is -1.05. The summed E-state index contributed by atoms with van der Waals surface area (Å²) in [4.78, 5) is 11.0. The van der Waals surface area contributed by atoms with Gasteiger partial charge in [0.25, 0.3) is 0 Å². The molecule has 16 heavy (non-hydrogen) atoms. The van der Waals surface area contributed by atoms with E-state index >= 15 is 0 Å². The van der Waals surface area contributed by atoms with E-state index in [-0.39, 0.29) is 18.8 Å². The van der Waals surface area contributed by atoms with Crippen LogP contribution in [0.1, 0.15) is 19.8 Å². The number of allylic oxidation sites excluding steroid dienone is 2. The van der Waals surface area contributed by atoms with Crippen molar-refractivity contribution in [2.45, 2.75) is 25.3 Å². The number of ketones is 1. The van der Waals surface area contributed by atoms with E-state index in [0.717, 1.165) is 6.08 Å². The maximum absolute atomic E-state index is 12.0. The zero-order valence-electron chi connectivity index (χ0n) is 8.24. The SMILES string of the molecule is C[C@@H]1CC(=O)C=C(OS(=O)(=O)C(F)(F)F)C1. The van der Waals surface area contributed by atoms with Crippen LogP contribution in [0.15, 0.2) is 11.8 Å². The Kier molecular flexibility index (Phi) is 3.32. The van der Waals surface area contributed by atoms with Crippen molar-refractivity contribution in [1.29, 1.82) is 0 Å². The van der Waals surface area contributed by atoms with Crippen LogP contribution in [0.2, 0.25) is 0 Å². The van der Waals surface area contributed by atoms with E-state index in [1.165, 1.54) is 0 Å². The zero-order chi connectivity index (χ0) is 12.6. The topological polar surface area (TPSA) is 60.4 Å². The second-order valence-corrected chi connectivity index (χ2v) is 5.11. The summed E-state index contributed by atoms with van der Waals surface area (Å²) in [6, 6.07) is 0. The van der Waals surface area contributed by atoms with Gasteiger partial charge in [0.2, 0.25) is 0 Å². The summed E-state index contributed by atoms with van der Waals surface area (Å²) in [6.45, 7) is 1.62. The van der Waals surface area contributed by atoms with Gasteiger partial charge in [-0.2, -0.15) is 21.6 Å². The van der Waals surface area contributed by atoms with Crippen molar-refractivity contribution >= 4 is 15.9 Å². The van der Waals surface area contributed by atoms with E-state index in [9.17, 15) is 26.4 Å². The lowest BCUT2D eigenvalue weighted by Crippen LogP contribution is -2.26. The first-order valence-electron chi connectivity index (χ1n) is 4.36. The molecule has 0 fully saturated rings. The van der Waals surface area contributed by atoms with Gasteiger partial charge in [-0.15, -0.1) is 0 Å². The molecule has 0 saturated carbocycles. The van der Waals surface area contributed by atoms with Crippen molar-refractivity contribution in [3.05, 3.63) is 11.8 Å². The summed E-state index contributed by atoms with van der Waals surface area (Å²) in [5, 5.41) is 0. The Morgan fingerprint density at radius 3 is 2.38 bits per heavy atom. The van der Waals surface area contributed by atoms with Crippen molar-refractivity contribution < 1.29 is 30.6 Å². The van der Waals surface area contributed by atoms with Gasteiger partial charge in [0.15, 0.2) is 5.78 Å². The van der Waals surface area contributed by atoms with Crippen LogP contribution in [-0.4, -0.2) is 19.7 Å². The number of carbonyl (C=O) groups is 1. The minimum absolute atomic E-state index is 0.00104. The fourth-order valence-corrected chi connectivity index (χ4v) is 1.80. The lowest BCUT2D eigenvalue weighted by atomic mass is 9.94. The van der Waals surface area contributed by atoms with Crippen LogP contribution in [0.4, 0.5) is 13.2 Å². The number of carbonyl (C=O) groups excluding carboxylic acids is 1. The summed E-state index contributed by atoms with van der Waals surface area (Å²) in [7, 11) is -5.66. The summed E-state index contributed by atoms with van der Waals surface area (Å²) in [6.07, 6.45) is 0.975. The van der Waals surface area contributed by atoms with Crippen molar-refractivity contribution in [2.24, 2.45) is 5.92 Å². The molecule has 0 aromatic carbocycles. The van der Waals surface area contributed by atoms with Crippen molar-refractivity contribution in [3.63, 3.8) is 0 Å². The van der Waals surface area contributed by atoms with E-state index in [2.05, 4.69) is 4.18 Å². The largest absolute Gasteiger partial charge is 0.534 e. The summed E-state index contributed by atoms with van der Waals surface area (Å²) in [5.41, 5.74) is -5.47. The Balaban J connectivity index is 2.87. The van der Waals surface area contributed by atoms with Crippen LogP contribution in [0.25, 0.3) is 0 Å². The molecule has 8 heteroatoms. The van der Waals surface area contributed by atoms with Gasteiger partial charge >= 0.3 is 15.6 Å². The summed E-state index contributed by atoms with van der Waals surface area (Å²) in [5.74, 6) is -1.12. The van der Waals surface area contributed by atoms with Crippen molar-refractivity contribution in [1.82, 2.24) is 0 Å². The molecule has 92 valence electrons. The van der Waals surface area contributed by atoms with Crippen molar-refractivity contribution in [3.8, 4) is 0 Å². The highest BCUT2D eigenvalue weighted by atomic mass is 32.2. The zero-order valence-corrected chi connectivity index (χ0v) is 9.06. The Labute approximate surface area is 90.2 Å². The predicted octanol–water partition coefficient (Wildman–Crippen LogP) is 1.74. The predicted molar refractivity (Wildman–Crippen MR) is 47.5 cm³/mol.